The van der Waals surface area contributed by atoms with Gasteiger partial charge in [0.2, 0.25) is 17.8 Å². The minimum atomic E-state index is -1.07. The maximum Gasteiger partial charge on any atom is 0.225 e. The first-order valence-corrected chi connectivity index (χ1v) is 10.3. The molecule has 1 aromatic carbocycles. The number of halogens is 3. The van der Waals surface area contributed by atoms with Crippen molar-refractivity contribution >= 4 is 34.7 Å². The monoisotopic (exact) mass is 447 g/mol. The molecule has 0 saturated carbocycles. The fourth-order valence-electron chi connectivity index (χ4n) is 3.93. The van der Waals surface area contributed by atoms with Gasteiger partial charge in [-0.2, -0.15) is 4.98 Å². The van der Waals surface area contributed by atoms with Crippen LogP contribution in [0.15, 0.2) is 18.3 Å². The van der Waals surface area contributed by atoms with Gasteiger partial charge in [-0.05, 0) is 12.8 Å². The molecule has 0 radical (unpaired) electrons. The molecular weight excluding hydrogens is 427 g/mol. The van der Waals surface area contributed by atoms with Crippen molar-refractivity contribution in [3.63, 3.8) is 0 Å². The standard InChI is InChI=1S/C20H20F3N7O2/c21-10-5-13(22)17(14(23)6-10)28-20-27-15-8-25-19(26-11-1-2-16(31)24-7-11)29-18(15)30(20)12-3-4-32-9-12/h5-6,8,11-12H,1-4,7,9H2,(H,24,31)(H,27,28)(H,25,26,29)/t11-,12-/m0/s1. The number of anilines is 3. The van der Waals surface area contributed by atoms with Crippen LogP contribution >= 0.6 is 0 Å². The summed E-state index contributed by atoms with van der Waals surface area (Å²) in [5, 5.41) is 8.65. The number of piperidine rings is 1. The van der Waals surface area contributed by atoms with Gasteiger partial charge in [0.25, 0.3) is 0 Å². The van der Waals surface area contributed by atoms with Gasteiger partial charge in [-0.3, -0.25) is 9.36 Å². The Morgan fingerprint density at radius 1 is 1.16 bits per heavy atom. The summed E-state index contributed by atoms with van der Waals surface area (Å²) in [6.45, 7) is 1.38. The van der Waals surface area contributed by atoms with Crippen LogP contribution in [-0.4, -0.2) is 51.2 Å². The third-order valence-electron chi connectivity index (χ3n) is 5.55. The molecule has 1 amide bonds. The van der Waals surface area contributed by atoms with Crippen molar-refractivity contribution in [2.24, 2.45) is 0 Å². The van der Waals surface area contributed by atoms with E-state index in [0.717, 1.165) is 0 Å². The average Bonchev–Trinajstić information content (AvgIpc) is 3.39. The lowest BCUT2D eigenvalue weighted by Gasteiger charge is -2.23. The Morgan fingerprint density at radius 2 is 1.97 bits per heavy atom. The summed E-state index contributed by atoms with van der Waals surface area (Å²) in [4.78, 5) is 24.7. The molecule has 2 aromatic heterocycles. The number of ether oxygens (including phenoxy) is 1. The predicted octanol–water partition coefficient (Wildman–Crippen LogP) is 2.64. The van der Waals surface area contributed by atoms with E-state index in [4.69, 9.17) is 4.74 Å². The molecule has 12 heteroatoms. The van der Waals surface area contributed by atoms with Crippen LogP contribution in [0.5, 0.6) is 0 Å². The first-order valence-electron chi connectivity index (χ1n) is 10.3. The predicted molar refractivity (Wildman–Crippen MR) is 109 cm³/mol. The maximum atomic E-state index is 14.2. The molecule has 4 heterocycles. The second-order valence-corrected chi connectivity index (χ2v) is 7.78. The van der Waals surface area contributed by atoms with Gasteiger partial charge in [-0.15, -0.1) is 0 Å². The number of hydrogen-bond donors (Lipinski definition) is 3. The smallest absolute Gasteiger partial charge is 0.225 e. The second kappa shape index (κ2) is 8.26. The van der Waals surface area contributed by atoms with Crippen LogP contribution in [0.25, 0.3) is 11.2 Å². The first kappa shape index (κ1) is 20.5. The van der Waals surface area contributed by atoms with Crippen molar-refractivity contribution in [2.45, 2.75) is 31.3 Å². The fourth-order valence-corrected chi connectivity index (χ4v) is 3.93. The number of nitrogens with zero attached hydrogens (tertiary/aromatic N) is 4. The molecule has 5 rings (SSSR count). The van der Waals surface area contributed by atoms with Crippen molar-refractivity contribution in [3.05, 3.63) is 35.8 Å². The molecule has 2 saturated heterocycles. The van der Waals surface area contributed by atoms with Gasteiger partial charge in [0, 0.05) is 37.7 Å². The fraction of sp³-hybridized carbons (Fsp3) is 0.400. The van der Waals surface area contributed by atoms with E-state index in [0.29, 0.717) is 68.3 Å². The van der Waals surface area contributed by atoms with Crippen molar-refractivity contribution in [3.8, 4) is 0 Å². The molecule has 9 nitrogen and oxygen atoms in total. The van der Waals surface area contributed by atoms with E-state index in [2.05, 4.69) is 30.9 Å². The Hall–Kier alpha value is -3.41. The van der Waals surface area contributed by atoms with Gasteiger partial charge in [-0.25, -0.2) is 23.1 Å². The summed E-state index contributed by atoms with van der Waals surface area (Å²) in [5.41, 5.74) is 0.374. The van der Waals surface area contributed by atoms with Crippen LogP contribution in [-0.2, 0) is 9.53 Å². The Labute approximate surface area is 180 Å². The molecule has 2 atom stereocenters. The van der Waals surface area contributed by atoms with E-state index in [9.17, 15) is 18.0 Å². The van der Waals surface area contributed by atoms with E-state index >= 15 is 0 Å². The van der Waals surface area contributed by atoms with Crippen molar-refractivity contribution < 1.29 is 22.7 Å². The number of carbonyl (C=O) groups is 1. The number of rotatable bonds is 5. The van der Waals surface area contributed by atoms with Crippen LogP contribution in [0.3, 0.4) is 0 Å². The van der Waals surface area contributed by atoms with Gasteiger partial charge in [0.05, 0.1) is 18.8 Å². The highest BCUT2D eigenvalue weighted by Crippen LogP contribution is 2.32. The number of imidazole rings is 1. The third-order valence-corrected chi connectivity index (χ3v) is 5.55. The zero-order valence-electron chi connectivity index (χ0n) is 16.9. The molecule has 0 spiro atoms. The highest BCUT2D eigenvalue weighted by Gasteiger charge is 2.26. The van der Waals surface area contributed by atoms with Gasteiger partial charge in [0.1, 0.15) is 17.0 Å². The minimum absolute atomic E-state index is 0.00899. The van der Waals surface area contributed by atoms with Crippen LogP contribution in [0.4, 0.5) is 30.8 Å². The number of carbonyl (C=O) groups excluding carboxylic acids is 1. The van der Waals surface area contributed by atoms with Crippen molar-refractivity contribution in [1.29, 1.82) is 0 Å². The quantitative estimate of drug-likeness (QED) is 0.552. The van der Waals surface area contributed by atoms with Gasteiger partial charge < -0.3 is 20.7 Å². The van der Waals surface area contributed by atoms with Gasteiger partial charge >= 0.3 is 0 Å². The van der Waals surface area contributed by atoms with E-state index in [1.807, 2.05) is 0 Å². The Morgan fingerprint density at radius 3 is 2.66 bits per heavy atom. The maximum absolute atomic E-state index is 14.2. The highest BCUT2D eigenvalue weighted by atomic mass is 19.1. The summed E-state index contributed by atoms with van der Waals surface area (Å²) < 4.78 is 49.0. The van der Waals surface area contributed by atoms with Crippen molar-refractivity contribution in [2.75, 3.05) is 30.4 Å². The molecule has 3 aromatic rings. The highest BCUT2D eigenvalue weighted by molar-refractivity contribution is 5.78. The van der Waals surface area contributed by atoms with E-state index in [1.165, 1.54) is 6.20 Å². The van der Waals surface area contributed by atoms with Crippen LogP contribution in [0.1, 0.15) is 25.3 Å². The second-order valence-electron chi connectivity index (χ2n) is 7.78. The normalized spacial score (nSPS) is 21.0. The molecule has 168 valence electrons. The largest absolute Gasteiger partial charge is 0.379 e. The lowest BCUT2D eigenvalue weighted by atomic mass is 10.1. The Kier molecular flexibility index (Phi) is 5.29. The zero-order chi connectivity index (χ0) is 22.2. The number of fused-ring (bicyclic) bond motifs is 1. The lowest BCUT2D eigenvalue weighted by molar-refractivity contribution is -0.122. The topological polar surface area (TPSA) is 106 Å². The number of amides is 1. The molecule has 2 aliphatic rings. The summed E-state index contributed by atoms with van der Waals surface area (Å²) >= 11 is 0. The van der Waals surface area contributed by atoms with Crippen LogP contribution in [0.2, 0.25) is 0 Å². The van der Waals surface area contributed by atoms with Crippen LogP contribution < -0.4 is 16.0 Å². The van der Waals surface area contributed by atoms with E-state index < -0.39 is 23.1 Å². The van der Waals surface area contributed by atoms with Crippen LogP contribution in [0, 0.1) is 17.5 Å². The van der Waals surface area contributed by atoms with Gasteiger partial charge in [0.15, 0.2) is 17.3 Å². The number of aromatic nitrogens is 4. The lowest BCUT2D eigenvalue weighted by Crippen LogP contribution is -2.42. The molecule has 0 bridgehead atoms. The van der Waals surface area contributed by atoms with Gasteiger partial charge in [-0.1, -0.05) is 0 Å². The molecule has 0 aliphatic carbocycles. The summed E-state index contributed by atoms with van der Waals surface area (Å²) in [7, 11) is 0. The molecule has 2 aliphatic heterocycles. The summed E-state index contributed by atoms with van der Waals surface area (Å²) in [5.74, 6) is -2.65. The zero-order valence-corrected chi connectivity index (χ0v) is 16.9. The molecular formula is C20H20F3N7O2. The molecule has 3 N–H and O–H groups in total. The number of nitrogens with one attached hydrogen (secondary N) is 3. The molecule has 32 heavy (non-hydrogen) atoms. The third kappa shape index (κ3) is 3.93. The first-order chi connectivity index (χ1) is 15.5. The molecule has 0 unspecified atom stereocenters. The number of hydrogen-bond acceptors (Lipinski definition) is 7. The average molecular weight is 447 g/mol. The summed E-state index contributed by atoms with van der Waals surface area (Å²) in [6, 6.07) is 1.02. The summed E-state index contributed by atoms with van der Waals surface area (Å²) in [6.07, 6.45) is 3.25. The SMILES string of the molecule is O=C1CC[C@H](Nc2ncc3nc(Nc4c(F)cc(F)cc4F)n([C@H]4CCOC4)c3n2)CN1. The Balaban J connectivity index is 1.51. The van der Waals surface area contributed by atoms with E-state index in [1.54, 1.807) is 4.57 Å². The van der Waals surface area contributed by atoms with E-state index in [-0.39, 0.29) is 23.9 Å². The number of benzene rings is 1. The Bertz CT molecular complexity index is 1150. The van der Waals surface area contributed by atoms with Crippen molar-refractivity contribution in [1.82, 2.24) is 24.8 Å². The molecule has 2 fully saturated rings. The minimum Gasteiger partial charge on any atom is -0.379 e.